The van der Waals surface area contributed by atoms with E-state index in [-0.39, 0.29) is 35.2 Å². The number of aliphatic imine (C=N–C) groups is 1. The van der Waals surface area contributed by atoms with Gasteiger partial charge in [0.2, 0.25) is 5.75 Å². The molecule has 0 bridgehead atoms. The van der Waals surface area contributed by atoms with Gasteiger partial charge in [-0.05, 0) is 55.3 Å². The second-order valence-corrected chi connectivity index (χ2v) is 7.62. The Labute approximate surface area is 184 Å². The lowest BCUT2D eigenvalue weighted by molar-refractivity contribution is -0.138. The number of carbonyl (C=O) groups excluding carboxylic acids is 1. The van der Waals surface area contributed by atoms with E-state index in [2.05, 4.69) is 4.99 Å². The van der Waals surface area contributed by atoms with E-state index in [0.717, 1.165) is 17.3 Å². The highest BCUT2D eigenvalue weighted by atomic mass is 32.2. The van der Waals surface area contributed by atoms with Crippen LogP contribution in [0.4, 0.5) is 5.69 Å². The zero-order valence-corrected chi connectivity index (χ0v) is 18.4. The molecule has 0 saturated heterocycles. The summed E-state index contributed by atoms with van der Waals surface area (Å²) in [7, 11) is 2.86. The predicted octanol–water partition coefficient (Wildman–Crippen LogP) is 4.91. The molecule has 1 aliphatic rings. The van der Waals surface area contributed by atoms with E-state index in [4.69, 9.17) is 14.2 Å². The van der Waals surface area contributed by atoms with Gasteiger partial charge in [-0.15, -0.1) is 0 Å². The summed E-state index contributed by atoms with van der Waals surface area (Å²) >= 11 is 1.15. The van der Waals surface area contributed by atoms with Gasteiger partial charge >= 0.3 is 5.97 Å². The van der Waals surface area contributed by atoms with Crippen molar-refractivity contribution in [2.45, 2.75) is 13.8 Å². The lowest BCUT2D eigenvalue weighted by Crippen LogP contribution is -2.12. The molecule has 8 heteroatoms. The Morgan fingerprint density at radius 1 is 1.13 bits per heavy atom. The van der Waals surface area contributed by atoms with Crippen LogP contribution in [0, 0.1) is 6.92 Å². The number of aromatic hydroxyl groups is 1. The molecule has 1 heterocycles. The Balaban J connectivity index is 2.09. The lowest BCUT2D eigenvalue weighted by atomic mass is 10.1. The minimum atomic E-state index is -0.650. The quantitative estimate of drug-likeness (QED) is 0.615. The van der Waals surface area contributed by atoms with Crippen molar-refractivity contribution in [3.05, 3.63) is 63.8 Å². The number of nitrogens with zero attached hydrogens (tertiary/aromatic N) is 1. The smallest absolute Gasteiger partial charge is 0.344 e. The SMILES string of the molecule is CCOC(=O)C1=C(O)/C(=C\c2cc(OC)c(O)c(OC)c2)SC1=Nc1cccc(C)c1. The summed E-state index contributed by atoms with van der Waals surface area (Å²) in [6, 6.07) is 10.7. The standard InChI is InChI=1S/C23H23NO6S/c1-5-30-23(27)19-21(26)18(31-22(19)24-15-8-6-7-13(2)9-15)12-14-10-16(28-3)20(25)17(11-14)29-4/h6-12,25-26H,5H2,1-4H3/b18-12+,24-22?. The van der Waals surface area contributed by atoms with Crippen LogP contribution in [0.15, 0.2) is 57.6 Å². The number of carbonyl (C=O) groups is 1. The number of phenolic OH excluding ortho intramolecular Hbond substituents is 1. The van der Waals surface area contributed by atoms with Gasteiger partial charge in [-0.25, -0.2) is 9.79 Å². The number of phenols is 1. The predicted molar refractivity (Wildman–Crippen MR) is 121 cm³/mol. The Hall–Kier alpha value is -3.39. The summed E-state index contributed by atoms with van der Waals surface area (Å²) < 4.78 is 15.5. The number of aliphatic hydroxyl groups is 1. The van der Waals surface area contributed by atoms with Crippen molar-refractivity contribution < 1.29 is 29.2 Å². The van der Waals surface area contributed by atoms with Crippen LogP contribution in [-0.4, -0.2) is 42.1 Å². The van der Waals surface area contributed by atoms with Gasteiger partial charge < -0.3 is 24.4 Å². The van der Waals surface area contributed by atoms with E-state index in [9.17, 15) is 15.0 Å². The molecule has 0 aliphatic carbocycles. The fraction of sp³-hybridized carbons (Fsp3) is 0.217. The molecule has 31 heavy (non-hydrogen) atoms. The Morgan fingerprint density at radius 2 is 1.81 bits per heavy atom. The lowest BCUT2D eigenvalue weighted by Gasteiger charge is -2.10. The van der Waals surface area contributed by atoms with Gasteiger partial charge in [-0.3, -0.25) is 0 Å². The topological polar surface area (TPSA) is 97.6 Å². The number of benzene rings is 2. The van der Waals surface area contributed by atoms with Crippen LogP contribution in [0.1, 0.15) is 18.1 Å². The zero-order valence-electron chi connectivity index (χ0n) is 17.6. The van der Waals surface area contributed by atoms with Crippen LogP contribution in [-0.2, 0) is 9.53 Å². The van der Waals surface area contributed by atoms with Crippen molar-refractivity contribution in [1.29, 1.82) is 0 Å². The average Bonchev–Trinajstić information content (AvgIpc) is 3.03. The Kier molecular flexibility index (Phi) is 6.91. The number of methoxy groups -OCH3 is 2. The fourth-order valence-corrected chi connectivity index (χ4v) is 3.99. The molecule has 2 aromatic carbocycles. The molecule has 0 radical (unpaired) electrons. The molecule has 0 amide bonds. The minimum Gasteiger partial charge on any atom is -0.506 e. The maximum absolute atomic E-state index is 12.5. The molecule has 0 unspecified atom stereocenters. The van der Waals surface area contributed by atoms with E-state index in [1.807, 2.05) is 31.2 Å². The first-order chi connectivity index (χ1) is 14.9. The number of rotatable bonds is 6. The first-order valence-electron chi connectivity index (χ1n) is 9.48. The zero-order chi connectivity index (χ0) is 22.5. The summed E-state index contributed by atoms with van der Waals surface area (Å²) in [6.07, 6.45) is 1.66. The van der Waals surface area contributed by atoms with Gasteiger partial charge in [0.15, 0.2) is 11.5 Å². The van der Waals surface area contributed by atoms with Crippen molar-refractivity contribution in [2.75, 3.05) is 20.8 Å². The number of esters is 1. The minimum absolute atomic E-state index is 0.0114. The monoisotopic (exact) mass is 441 g/mol. The highest BCUT2D eigenvalue weighted by Gasteiger charge is 2.33. The first kappa shape index (κ1) is 22.3. The van der Waals surface area contributed by atoms with Crippen molar-refractivity contribution in [3.8, 4) is 17.2 Å². The number of thioether (sulfide) groups is 1. The third kappa shape index (κ3) is 4.86. The summed E-state index contributed by atoms with van der Waals surface area (Å²) in [5.41, 5.74) is 2.29. The van der Waals surface area contributed by atoms with Gasteiger partial charge in [-0.2, -0.15) is 0 Å². The molecule has 7 nitrogen and oxygen atoms in total. The second-order valence-electron chi connectivity index (χ2n) is 6.58. The van der Waals surface area contributed by atoms with E-state index in [1.165, 1.54) is 14.2 Å². The number of aliphatic hydroxyl groups excluding tert-OH is 1. The van der Waals surface area contributed by atoms with Crippen molar-refractivity contribution in [1.82, 2.24) is 0 Å². The van der Waals surface area contributed by atoms with Gasteiger partial charge in [0.25, 0.3) is 0 Å². The Bertz CT molecular complexity index is 1080. The molecule has 0 aromatic heterocycles. The van der Waals surface area contributed by atoms with Crippen LogP contribution in [0.25, 0.3) is 6.08 Å². The van der Waals surface area contributed by atoms with Gasteiger partial charge in [0, 0.05) is 0 Å². The van der Waals surface area contributed by atoms with Crippen LogP contribution >= 0.6 is 11.8 Å². The fourth-order valence-electron chi connectivity index (χ4n) is 2.96. The molecular formula is C23H23NO6S. The number of hydrogen-bond donors (Lipinski definition) is 2. The molecule has 0 spiro atoms. The molecule has 3 rings (SSSR count). The summed E-state index contributed by atoms with van der Waals surface area (Å²) in [6.45, 7) is 3.81. The highest BCUT2D eigenvalue weighted by Crippen LogP contribution is 2.42. The van der Waals surface area contributed by atoms with Crippen LogP contribution in [0.2, 0.25) is 0 Å². The van der Waals surface area contributed by atoms with Crippen molar-refractivity contribution in [2.24, 2.45) is 4.99 Å². The molecule has 2 aromatic rings. The van der Waals surface area contributed by atoms with E-state index in [1.54, 1.807) is 25.1 Å². The van der Waals surface area contributed by atoms with Crippen molar-refractivity contribution in [3.63, 3.8) is 0 Å². The first-order valence-corrected chi connectivity index (χ1v) is 10.3. The number of hydrogen-bond acceptors (Lipinski definition) is 8. The molecular weight excluding hydrogens is 418 g/mol. The van der Waals surface area contributed by atoms with E-state index < -0.39 is 5.97 Å². The number of ether oxygens (including phenoxy) is 3. The van der Waals surface area contributed by atoms with Crippen LogP contribution in [0.5, 0.6) is 17.2 Å². The third-order valence-electron chi connectivity index (χ3n) is 4.40. The average molecular weight is 442 g/mol. The molecule has 162 valence electrons. The maximum atomic E-state index is 12.5. The van der Waals surface area contributed by atoms with E-state index >= 15 is 0 Å². The molecule has 0 atom stereocenters. The maximum Gasteiger partial charge on any atom is 0.344 e. The molecule has 0 saturated carbocycles. The van der Waals surface area contributed by atoms with Gasteiger partial charge in [-0.1, -0.05) is 23.9 Å². The summed E-state index contributed by atoms with van der Waals surface area (Å²) in [5, 5.41) is 21.3. The largest absolute Gasteiger partial charge is 0.506 e. The van der Waals surface area contributed by atoms with Gasteiger partial charge in [0.05, 0.1) is 31.4 Å². The molecule has 0 fully saturated rings. The van der Waals surface area contributed by atoms with Gasteiger partial charge in [0.1, 0.15) is 16.4 Å². The summed E-state index contributed by atoms with van der Waals surface area (Å²) in [5.74, 6) is -0.558. The van der Waals surface area contributed by atoms with Crippen LogP contribution in [0.3, 0.4) is 0 Å². The Morgan fingerprint density at radius 3 is 2.39 bits per heavy atom. The molecule has 1 aliphatic heterocycles. The molecule has 2 N–H and O–H groups in total. The normalized spacial score (nSPS) is 16.1. The second kappa shape index (κ2) is 9.61. The number of aryl methyl sites for hydroxylation is 1. The highest BCUT2D eigenvalue weighted by molar-refractivity contribution is 8.18. The van der Waals surface area contributed by atoms with E-state index in [0.29, 0.717) is 21.2 Å². The van der Waals surface area contributed by atoms with Crippen LogP contribution < -0.4 is 9.47 Å². The van der Waals surface area contributed by atoms with Crippen molar-refractivity contribution >= 4 is 34.5 Å². The summed E-state index contributed by atoms with van der Waals surface area (Å²) in [4.78, 5) is 17.5. The third-order valence-corrected chi connectivity index (χ3v) is 5.42.